The summed E-state index contributed by atoms with van der Waals surface area (Å²) in [5, 5.41) is 7.68. The van der Waals surface area contributed by atoms with Gasteiger partial charge in [0.25, 0.3) is 0 Å². The standard InChI is InChI=1S/C14H23N3O/c1-2-10-6-7-11(9-10)13-16-14(18-17-13)12-5-3-4-8-15-12/h10-12,15H,2-9H2,1H3/t10?,11?,12-/m0/s1. The molecule has 2 fully saturated rings. The number of piperidine rings is 1. The molecule has 1 N–H and O–H groups in total. The van der Waals surface area contributed by atoms with Crippen molar-refractivity contribution in [2.45, 2.75) is 63.8 Å². The molecule has 1 aromatic heterocycles. The fourth-order valence-electron chi connectivity index (χ4n) is 3.30. The summed E-state index contributed by atoms with van der Waals surface area (Å²) in [7, 11) is 0. The highest BCUT2D eigenvalue weighted by molar-refractivity contribution is 5.02. The third-order valence-corrected chi connectivity index (χ3v) is 4.55. The fraction of sp³-hybridized carbons (Fsp3) is 0.857. The predicted octanol–water partition coefficient (Wildman–Crippen LogP) is 3.18. The molecule has 2 aliphatic rings. The normalized spacial score (nSPS) is 32.8. The molecule has 1 aliphatic carbocycles. The molecule has 0 bridgehead atoms. The third-order valence-electron chi connectivity index (χ3n) is 4.55. The van der Waals surface area contributed by atoms with Crippen LogP contribution in [0.1, 0.15) is 75.5 Å². The van der Waals surface area contributed by atoms with Gasteiger partial charge in [0.05, 0.1) is 6.04 Å². The van der Waals surface area contributed by atoms with Crippen LogP contribution in [0.3, 0.4) is 0 Å². The average molecular weight is 249 g/mol. The van der Waals surface area contributed by atoms with Crippen LogP contribution in [-0.4, -0.2) is 16.7 Å². The minimum Gasteiger partial charge on any atom is -0.338 e. The van der Waals surface area contributed by atoms with E-state index in [2.05, 4.69) is 22.4 Å². The highest BCUT2D eigenvalue weighted by Gasteiger charge is 2.29. The first kappa shape index (κ1) is 12.2. The first-order valence-corrected chi connectivity index (χ1v) is 7.43. The van der Waals surface area contributed by atoms with E-state index in [4.69, 9.17) is 4.52 Å². The van der Waals surface area contributed by atoms with Crippen LogP contribution in [0.5, 0.6) is 0 Å². The average Bonchev–Trinajstić information content (AvgIpc) is 3.08. The minimum absolute atomic E-state index is 0.295. The zero-order valence-electron chi connectivity index (χ0n) is 11.2. The number of hydrogen-bond donors (Lipinski definition) is 1. The molecule has 100 valence electrons. The van der Waals surface area contributed by atoms with Crippen molar-refractivity contribution in [3.8, 4) is 0 Å². The molecule has 1 saturated heterocycles. The summed E-state index contributed by atoms with van der Waals surface area (Å²) in [6.45, 7) is 3.35. The molecule has 1 saturated carbocycles. The lowest BCUT2D eigenvalue weighted by molar-refractivity contribution is 0.295. The van der Waals surface area contributed by atoms with Gasteiger partial charge in [0.2, 0.25) is 5.89 Å². The van der Waals surface area contributed by atoms with E-state index in [0.717, 1.165) is 30.6 Å². The van der Waals surface area contributed by atoms with Gasteiger partial charge in [-0.25, -0.2) is 0 Å². The van der Waals surface area contributed by atoms with E-state index < -0.39 is 0 Å². The van der Waals surface area contributed by atoms with E-state index in [-0.39, 0.29) is 0 Å². The van der Waals surface area contributed by atoms with Gasteiger partial charge in [-0.1, -0.05) is 24.9 Å². The van der Waals surface area contributed by atoms with Crippen LogP contribution >= 0.6 is 0 Å². The molecule has 18 heavy (non-hydrogen) atoms. The minimum atomic E-state index is 0.295. The van der Waals surface area contributed by atoms with Gasteiger partial charge < -0.3 is 9.84 Å². The molecule has 2 unspecified atom stereocenters. The summed E-state index contributed by atoms with van der Waals surface area (Å²) in [6, 6.07) is 0.295. The lowest BCUT2D eigenvalue weighted by atomic mass is 10.0. The second kappa shape index (κ2) is 5.39. The van der Waals surface area contributed by atoms with Gasteiger partial charge in [0, 0.05) is 5.92 Å². The molecule has 1 aliphatic heterocycles. The first-order valence-electron chi connectivity index (χ1n) is 7.43. The number of aromatic nitrogens is 2. The largest absolute Gasteiger partial charge is 0.338 e. The summed E-state index contributed by atoms with van der Waals surface area (Å²) in [5.41, 5.74) is 0. The number of nitrogens with zero attached hydrogens (tertiary/aromatic N) is 2. The Morgan fingerprint density at radius 1 is 1.28 bits per heavy atom. The molecule has 0 spiro atoms. The zero-order valence-corrected chi connectivity index (χ0v) is 11.2. The zero-order chi connectivity index (χ0) is 12.4. The lowest BCUT2D eigenvalue weighted by Gasteiger charge is -2.19. The summed E-state index contributed by atoms with van der Waals surface area (Å²) < 4.78 is 5.46. The van der Waals surface area contributed by atoms with Gasteiger partial charge in [-0.2, -0.15) is 4.98 Å². The first-order chi connectivity index (χ1) is 8.86. The van der Waals surface area contributed by atoms with Crippen molar-refractivity contribution >= 4 is 0 Å². The molecular formula is C14H23N3O. The van der Waals surface area contributed by atoms with Gasteiger partial charge in [0.15, 0.2) is 5.82 Å². The van der Waals surface area contributed by atoms with Gasteiger partial charge in [-0.05, 0) is 44.6 Å². The van der Waals surface area contributed by atoms with Crippen LogP contribution in [0.4, 0.5) is 0 Å². The summed E-state index contributed by atoms with van der Waals surface area (Å²) in [5.74, 6) is 3.17. The van der Waals surface area contributed by atoms with Crippen LogP contribution in [0.2, 0.25) is 0 Å². The number of rotatable bonds is 3. The van der Waals surface area contributed by atoms with Crippen LogP contribution < -0.4 is 5.32 Å². The van der Waals surface area contributed by atoms with Crippen LogP contribution in [0.15, 0.2) is 4.52 Å². The Hall–Kier alpha value is -0.900. The Balaban J connectivity index is 1.66. The number of nitrogens with one attached hydrogen (secondary N) is 1. The molecule has 1 aromatic rings. The highest BCUT2D eigenvalue weighted by atomic mass is 16.5. The Morgan fingerprint density at radius 2 is 2.22 bits per heavy atom. The van der Waals surface area contributed by atoms with Crippen molar-refractivity contribution in [1.29, 1.82) is 0 Å². The van der Waals surface area contributed by atoms with Gasteiger partial charge in [-0.3, -0.25) is 0 Å². The van der Waals surface area contributed by atoms with Gasteiger partial charge in [-0.15, -0.1) is 0 Å². The molecule has 4 heteroatoms. The van der Waals surface area contributed by atoms with Crippen LogP contribution in [0, 0.1) is 5.92 Å². The van der Waals surface area contributed by atoms with Gasteiger partial charge in [0.1, 0.15) is 0 Å². The fourth-order valence-corrected chi connectivity index (χ4v) is 3.30. The Kier molecular flexibility index (Phi) is 3.64. The second-order valence-electron chi connectivity index (χ2n) is 5.78. The Morgan fingerprint density at radius 3 is 2.94 bits per heavy atom. The molecule has 0 amide bonds. The monoisotopic (exact) mass is 249 g/mol. The highest BCUT2D eigenvalue weighted by Crippen LogP contribution is 2.38. The van der Waals surface area contributed by atoms with E-state index in [1.54, 1.807) is 0 Å². The SMILES string of the molecule is CCC1CCC(c2noc([C@@H]3CCCCN3)n2)C1. The lowest BCUT2D eigenvalue weighted by Crippen LogP contribution is -2.27. The Bertz CT molecular complexity index is 384. The number of hydrogen-bond acceptors (Lipinski definition) is 4. The molecule has 3 rings (SSSR count). The second-order valence-corrected chi connectivity index (χ2v) is 5.78. The molecule has 2 heterocycles. The third kappa shape index (κ3) is 2.44. The maximum absolute atomic E-state index is 5.46. The van der Waals surface area contributed by atoms with E-state index in [1.807, 2.05) is 0 Å². The molecular weight excluding hydrogens is 226 g/mol. The maximum atomic E-state index is 5.46. The summed E-state index contributed by atoms with van der Waals surface area (Å²) in [4.78, 5) is 4.64. The summed E-state index contributed by atoms with van der Waals surface area (Å²) >= 11 is 0. The van der Waals surface area contributed by atoms with E-state index in [0.29, 0.717) is 12.0 Å². The van der Waals surface area contributed by atoms with Crippen molar-refractivity contribution in [3.63, 3.8) is 0 Å². The van der Waals surface area contributed by atoms with Crippen molar-refractivity contribution in [1.82, 2.24) is 15.5 Å². The van der Waals surface area contributed by atoms with E-state index in [1.165, 1.54) is 38.5 Å². The van der Waals surface area contributed by atoms with Crippen molar-refractivity contribution in [2.24, 2.45) is 5.92 Å². The Labute approximate surface area is 109 Å². The van der Waals surface area contributed by atoms with Crippen molar-refractivity contribution in [2.75, 3.05) is 6.54 Å². The molecule has 4 nitrogen and oxygen atoms in total. The van der Waals surface area contributed by atoms with Crippen LogP contribution in [0.25, 0.3) is 0 Å². The van der Waals surface area contributed by atoms with Crippen molar-refractivity contribution < 1.29 is 4.52 Å². The van der Waals surface area contributed by atoms with E-state index in [9.17, 15) is 0 Å². The van der Waals surface area contributed by atoms with Crippen LogP contribution in [-0.2, 0) is 0 Å². The maximum Gasteiger partial charge on any atom is 0.243 e. The molecule has 0 radical (unpaired) electrons. The van der Waals surface area contributed by atoms with E-state index >= 15 is 0 Å². The summed E-state index contributed by atoms with van der Waals surface area (Å²) in [6.07, 6.45) is 8.74. The molecule has 0 aromatic carbocycles. The predicted molar refractivity (Wildman–Crippen MR) is 69.3 cm³/mol. The topological polar surface area (TPSA) is 51.0 Å². The quantitative estimate of drug-likeness (QED) is 0.894. The smallest absolute Gasteiger partial charge is 0.243 e. The van der Waals surface area contributed by atoms with Gasteiger partial charge >= 0.3 is 0 Å². The van der Waals surface area contributed by atoms with Crippen molar-refractivity contribution in [3.05, 3.63) is 11.7 Å². The molecule has 3 atom stereocenters.